The third-order valence-corrected chi connectivity index (χ3v) is 5.83. The van der Waals surface area contributed by atoms with E-state index in [4.69, 9.17) is 9.47 Å². The van der Waals surface area contributed by atoms with Crippen LogP contribution in [-0.4, -0.2) is 28.5 Å². The number of ether oxygens (including phenoxy) is 2. The summed E-state index contributed by atoms with van der Waals surface area (Å²) >= 11 is 0. The molecule has 2 N–H and O–H groups in total. The van der Waals surface area contributed by atoms with Crippen LogP contribution in [-0.2, 0) is 10.0 Å². The number of anilines is 2. The van der Waals surface area contributed by atoms with Crippen LogP contribution < -0.4 is 19.5 Å². The van der Waals surface area contributed by atoms with Gasteiger partial charge in [0.25, 0.3) is 15.9 Å². The Morgan fingerprint density at radius 1 is 0.867 bits per heavy atom. The van der Waals surface area contributed by atoms with Crippen molar-refractivity contribution in [2.24, 2.45) is 0 Å². The number of sulfonamides is 1. The van der Waals surface area contributed by atoms with Gasteiger partial charge in [0.2, 0.25) is 0 Å². The fraction of sp³-hybridized carbons (Fsp3) is 0.136. The summed E-state index contributed by atoms with van der Waals surface area (Å²) in [5, 5.41) is 2.77. The van der Waals surface area contributed by atoms with Crippen LogP contribution in [0.4, 0.5) is 11.4 Å². The molecule has 0 fully saturated rings. The predicted octanol–water partition coefficient (Wildman–Crippen LogP) is 4.07. The molecule has 0 spiro atoms. The molecule has 3 aromatic carbocycles. The van der Waals surface area contributed by atoms with Gasteiger partial charge < -0.3 is 14.8 Å². The van der Waals surface area contributed by atoms with Crippen molar-refractivity contribution in [2.75, 3.05) is 24.3 Å². The molecule has 0 saturated carbocycles. The molecule has 3 rings (SSSR count). The average molecular weight is 426 g/mol. The van der Waals surface area contributed by atoms with E-state index < -0.39 is 15.9 Å². The van der Waals surface area contributed by atoms with Crippen LogP contribution in [0.5, 0.6) is 11.5 Å². The average Bonchev–Trinajstić information content (AvgIpc) is 2.75. The monoisotopic (exact) mass is 426 g/mol. The molecule has 0 radical (unpaired) electrons. The first-order valence-corrected chi connectivity index (χ1v) is 10.5. The summed E-state index contributed by atoms with van der Waals surface area (Å²) in [5.41, 5.74) is 1.74. The summed E-state index contributed by atoms with van der Waals surface area (Å²) in [5.74, 6) is 0.620. The van der Waals surface area contributed by atoms with Crippen LogP contribution in [0.1, 0.15) is 15.9 Å². The molecular weight excluding hydrogens is 404 g/mol. The van der Waals surface area contributed by atoms with Crippen molar-refractivity contribution in [1.82, 2.24) is 0 Å². The summed E-state index contributed by atoms with van der Waals surface area (Å²) in [6.07, 6.45) is 0. The fourth-order valence-corrected chi connectivity index (χ4v) is 3.93. The Labute approximate surface area is 175 Å². The molecule has 1 amide bonds. The third kappa shape index (κ3) is 4.72. The number of benzene rings is 3. The maximum atomic E-state index is 12.8. The maximum absolute atomic E-state index is 12.8. The van der Waals surface area contributed by atoms with Crippen LogP contribution in [0.25, 0.3) is 0 Å². The molecule has 30 heavy (non-hydrogen) atoms. The van der Waals surface area contributed by atoms with Crippen LogP contribution in [0.15, 0.2) is 71.6 Å². The van der Waals surface area contributed by atoms with E-state index in [1.54, 1.807) is 55.5 Å². The summed E-state index contributed by atoms with van der Waals surface area (Å²) in [4.78, 5) is 12.9. The molecule has 0 heterocycles. The summed E-state index contributed by atoms with van der Waals surface area (Å²) in [6.45, 7) is 1.76. The highest BCUT2D eigenvalue weighted by Crippen LogP contribution is 2.30. The van der Waals surface area contributed by atoms with Gasteiger partial charge >= 0.3 is 0 Å². The van der Waals surface area contributed by atoms with Gasteiger partial charge in [-0.2, -0.15) is 0 Å². The summed E-state index contributed by atoms with van der Waals surface area (Å²) in [7, 11) is -0.749. The molecule has 0 aliphatic heterocycles. The normalized spacial score (nSPS) is 10.9. The number of hydrogen-bond acceptors (Lipinski definition) is 5. The van der Waals surface area contributed by atoms with Gasteiger partial charge in [-0.05, 0) is 48.9 Å². The second-order valence-corrected chi connectivity index (χ2v) is 8.15. The van der Waals surface area contributed by atoms with Crippen LogP contribution in [0.3, 0.4) is 0 Å². The van der Waals surface area contributed by atoms with E-state index in [2.05, 4.69) is 10.0 Å². The van der Waals surface area contributed by atoms with E-state index in [9.17, 15) is 13.2 Å². The number of rotatable bonds is 7. The minimum Gasteiger partial charge on any atom is -0.497 e. The largest absolute Gasteiger partial charge is 0.497 e. The number of aryl methyl sites for hydroxylation is 1. The second-order valence-electron chi connectivity index (χ2n) is 6.47. The Kier molecular flexibility index (Phi) is 6.27. The van der Waals surface area contributed by atoms with E-state index in [1.807, 2.05) is 0 Å². The van der Waals surface area contributed by atoms with Gasteiger partial charge in [-0.3, -0.25) is 9.52 Å². The number of nitrogens with one attached hydrogen (secondary N) is 2. The first-order chi connectivity index (χ1) is 14.3. The quantitative estimate of drug-likeness (QED) is 0.594. The van der Waals surface area contributed by atoms with Gasteiger partial charge in [-0.15, -0.1) is 0 Å². The fourth-order valence-electron chi connectivity index (χ4n) is 2.78. The summed E-state index contributed by atoms with van der Waals surface area (Å²) in [6, 6.07) is 17.9. The van der Waals surface area contributed by atoms with Gasteiger partial charge in [0.05, 0.1) is 30.5 Å². The van der Waals surface area contributed by atoms with Gasteiger partial charge in [0.15, 0.2) is 0 Å². The Hall–Kier alpha value is -3.52. The van der Waals surface area contributed by atoms with Crippen LogP contribution >= 0.6 is 0 Å². The molecule has 0 aromatic heterocycles. The topological polar surface area (TPSA) is 93.7 Å². The Morgan fingerprint density at radius 3 is 2.27 bits per heavy atom. The van der Waals surface area contributed by atoms with Crippen LogP contribution in [0.2, 0.25) is 0 Å². The zero-order valence-electron chi connectivity index (χ0n) is 16.8. The van der Waals surface area contributed by atoms with Crippen LogP contribution in [0, 0.1) is 6.92 Å². The highest BCUT2D eigenvalue weighted by molar-refractivity contribution is 7.92. The van der Waals surface area contributed by atoms with E-state index in [0.717, 1.165) is 0 Å². The first-order valence-electron chi connectivity index (χ1n) is 9.06. The van der Waals surface area contributed by atoms with E-state index in [1.165, 1.54) is 32.4 Å². The number of carbonyl (C=O) groups excluding carboxylic acids is 1. The Bertz CT molecular complexity index is 1160. The zero-order chi connectivity index (χ0) is 21.7. The van der Waals surface area contributed by atoms with Crippen molar-refractivity contribution < 1.29 is 22.7 Å². The Balaban J connectivity index is 1.87. The first kappa shape index (κ1) is 21.2. The van der Waals surface area contributed by atoms with Crippen molar-refractivity contribution in [3.05, 3.63) is 77.9 Å². The molecule has 0 saturated heterocycles. The highest BCUT2D eigenvalue weighted by atomic mass is 32.2. The molecule has 0 unspecified atom stereocenters. The molecule has 0 aliphatic carbocycles. The standard InChI is InChI=1S/C22H22N2O5S/c1-15-9-10-16(13-19(15)24-30(26,27)18-7-5-4-6-8-18)22(25)23-20-14-17(28-2)11-12-21(20)29-3/h4-14,24H,1-3H3,(H,23,25). The lowest BCUT2D eigenvalue weighted by Gasteiger charge is -2.14. The number of carbonyl (C=O) groups is 1. The predicted molar refractivity (Wildman–Crippen MR) is 116 cm³/mol. The smallest absolute Gasteiger partial charge is 0.261 e. The molecule has 0 aliphatic rings. The molecule has 0 atom stereocenters. The van der Waals surface area contributed by atoms with E-state index in [0.29, 0.717) is 28.4 Å². The van der Waals surface area contributed by atoms with Gasteiger partial charge in [-0.1, -0.05) is 24.3 Å². The summed E-state index contributed by atoms with van der Waals surface area (Å²) < 4.78 is 38.3. The Morgan fingerprint density at radius 2 is 1.60 bits per heavy atom. The van der Waals surface area contributed by atoms with E-state index in [-0.39, 0.29) is 10.5 Å². The lowest BCUT2D eigenvalue weighted by molar-refractivity contribution is 0.102. The van der Waals surface area contributed by atoms with Crippen molar-refractivity contribution in [3.8, 4) is 11.5 Å². The van der Waals surface area contributed by atoms with Gasteiger partial charge in [-0.25, -0.2) is 8.42 Å². The SMILES string of the molecule is COc1ccc(OC)c(NC(=O)c2ccc(C)c(NS(=O)(=O)c3ccccc3)c2)c1. The lowest BCUT2D eigenvalue weighted by Crippen LogP contribution is -2.16. The van der Waals surface area contributed by atoms with E-state index >= 15 is 0 Å². The third-order valence-electron chi connectivity index (χ3n) is 4.45. The molecule has 0 bridgehead atoms. The molecule has 156 valence electrons. The van der Waals surface area contributed by atoms with Crippen molar-refractivity contribution in [2.45, 2.75) is 11.8 Å². The minimum atomic E-state index is -3.78. The highest BCUT2D eigenvalue weighted by Gasteiger charge is 2.17. The minimum absolute atomic E-state index is 0.139. The number of methoxy groups -OCH3 is 2. The number of hydrogen-bond donors (Lipinski definition) is 2. The van der Waals surface area contributed by atoms with Gasteiger partial charge in [0, 0.05) is 11.6 Å². The second kappa shape index (κ2) is 8.87. The van der Waals surface area contributed by atoms with Crippen molar-refractivity contribution in [1.29, 1.82) is 0 Å². The van der Waals surface area contributed by atoms with Crippen molar-refractivity contribution in [3.63, 3.8) is 0 Å². The van der Waals surface area contributed by atoms with Crippen molar-refractivity contribution >= 4 is 27.3 Å². The maximum Gasteiger partial charge on any atom is 0.261 e. The molecule has 3 aromatic rings. The lowest BCUT2D eigenvalue weighted by atomic mass is 10.1. The molecular formula is C22H22N2O5S. The number of amides is 1. The van der Waals surface area contributed by atoms with Gasteiger partial charge in [0.1, 0.15) is 11.5 Å². The zero-order valence-corrected chi connectivity index (χ0v) is 17.6. The molecule has 7 nitrogen and oxygen atoms in total. The molecule has 8 heteroatoms.